The highest BCUT2D eigenvalue weighted by molar-refractivity contribution is 6.39. The van der Waals surface area contributed by atoms with Gasteiger partial charge in [0.05, 0.1) is 0 Å². The van der Waals surface area contributed by atoms with Crippen LogP contribution in [0.4, 0.5) is 5.69 Å². The van der Waals surface area contributed by atoms with E-state index in [1.807, 2.05) is 32.0 Å². The molecule has 0 bridgehead atoms. The van der Waals surface area contributed by atoms with Crippen molar-refractivity contribution in [2.45, 2.75) is 53.4 Å². The number of anilines is 1. The maximum Gasteiger partial charge on any atom is 0.313 e. The van der Waals surface area contributed by atoms with Gasteiger partial charge in [0.2, 0.25) is 0 Å². The van der Waals surface area contributed by atoms with Gasteiger partial charge in [-0.25, -0.2) is 0 Å². The summed E-state index contributed by atoms with van der Waals surface area (Å²) in [5.41, 5.74) is 2.78. The zero-order valence-electron chi connectivity index (χ0n) is 14.2. The fraction of sp³-hybridized carbons (Fsp3) is 0.556. The maximum absolute atomic E-state index is 11.9. The number of hydrogen-bond donors (Lipinski definition) is 2. The summed E-state index contributed by atoms with van der Waals surface area (Å²) >= 11 is 0. The lowest BCUT2D eigenvalue weighted by Gasteiger charge is -2.15. The van der Waals surface area contributed by atoms with Gasteiger partial charge in [0.25, 0.3) is 0 Å². The second-order valence-electron chi connectivity index (χ2n) is 5.96. The van der Waals surface area contributed by atoms with E-state index in [1.54, 1.807) is 0 Å². The number of carbonyl (C=O) groups is 2. The van der Waals surface area contributed by atoms with Crippen molar-refractivity contribution in [1.82, 2.24) is 5.32 Å². The van der Waals surface area contributed by atoms with Gasteiger partial charge in [0.1, 0.15) is 0 Å². The minimum absolute atomic E-state index is 0.443. The molecule has 0 unspecified atom stereocenters. The highest BCUT2D eigenvalue weighted by atomic mass is 16.2. The Bertz CT molecular complexity index is 492. The van der Waals surface area contributed by atoms with Crippen LogP contribution < -0.4 is 10.6 Å². The van der Waals surface area contributed by atoms with Crippen LogP contribution in [0.1, 0.15) is 50.7 Å². The molecule has 4 nitrogen and oxygen atoms in total. The van der Waals surface area contributed by atoms with Gasteiger partial charge in [-0.1, -0.05) is 39.2 Å². The van der Waals surface area contributed by atoms with Crippen molar-refractivity contribution >= 4 is 17.5 Å². The Morgan fingerprint density at radius 1 is 1.05 bits per heavy atom. The third-order valence-corrected chi connectivity index (χ3v) is 3.78. The Morgan fingerprint density at radius 3 is 2.23 bits per heavy atom. The number of carbonyl (C=O) groups excluding carboxylic acids is 2. The summed E-state index contributed by atoms with van der Waals surface area (Å²) in [5, 5.41) is 5.40. The van der Waals surface area contributed by atoms with Gasteiger partial charge >= 0.3 is 11.8 Å². The Labute approximate surface area is 133 Å². The molecule has 0 aliphatic heterocycles. The molecule has 122 valence electrons. The van der Waals surface area contributed by atoms with Crippen LogP contribution in [0.5, 0.6) is 0 Å². The molecule has 0 radical (unpaired) electrons. The van der Waals surface area contributed by atoms with E-state index < -0.39 is 11.8 Å². The summed E-state index contributed by atoms with van der Waals surface area (Å²) < 4.78 is 0. The SMILES string of the molecule is CCCC[C@@H](CC)CNC(=O)C(=O)Nc1cc(C)cc(C)c1. The fourth-order valence-electron chi connectivity index (χ4n) is 2.50. The summed E-state index contributed by atoms with van der Waals surface area (Å²) in [6, 6.07) is 5.73. The molecule has 2 N–H and O–H groups in total. The zero-order valence-corrected chi connectivity index (χ0v) is 14.2. The van der Waals surface area contributed by atoms with E-state index in [-0.39, 0.29) is 0 Å². The van der Waals surface area contributed by atoms with Crippen molar-refractivity contribution in [2.24, 2.45) is 5.92 Å². The van der Waals surface area contributed by atoms with Crippen LogP contribution >= 0.6 is 0 Å². The number of benzene rings is 1. The van der Waals surface area contributed by atoms with Crippen LogP contribution in [0.15, 0.2) is 18.2 Å². The monoisotopic (exact) mass is 304 g/mol. The largest absolute Gasteiger partial charge is 0.348 e. The Balaban J connectivity index is 2.49. The number of nitrogens with one attached hydrogen (secondary N) is 2. The zero-order chi connectivity index (χ0) is 16.5. The average Bonchev–Trinajstić information content (AvgIpc) is 2.46. The minimum atomic E-state index is -0.602. The van der Waals surface area contributed by atoms with E-state index in [9.17, 15) is 9.59 Å². The number of hydrogen-bond acceptors (Lipinski definition) is 2. The van der Waals surface area contributed by atoms with Crippen LogP contribution in [-0.4, -0.2) is 18.4 Å². The van der Waals surface area contributed by atoms with Crippen LogP contribution in [0.25, 0.3) is 0 Å². The molecule has 2 amide bonds. The Kier molecular flexibility index (Phi) is 7.64. The number of unbranched alkanes of at least 4 members (excludes halogenated alkanes) is 1. The predicted octanol–water partition coefficient (Wildman–Crippen LogP) is 3.57. The molecule has 0 saturated heterocycles. The second-order valence-corrected chi connectivity index (χ2v) is 5.96. The number of rotatable bonds is 7. The quantitative estimate of drug-likeness (QED) is 0.757. The van der Waals surface area contributed by atoms with Crippen LogP contribution in [0.3, 0.4) is 0 Å². The number of aryl methyl sites for hydroxylation is 2. The third-order valence-electron chi connectivity index (χ3n) is 3.78. The standard InChI is InChI=1S/C18H28N2O2/c1-5-7-8-15(6-2)12-19-17(21)18(22)20-16-10-13(3)9-14(4)11-16/h9-11,15H,5-8,12H2,1-4H3,(H,19,21)(H,20,22)/t15-/m1/s1. The van der Waals surface area contributed by atoms with E-state index in [0.29, 0.717) is 18.2 Å². The lowest BCUT2D eigenvalue weighted by atomic mass is 9.99. The van der Waals surface area contributed by atoms with Crippen LogP contribution in [-0.2, 0) is 9.59 Å². The topological polar surface area (TPSA) is 58.2 Å². The van der Waals surface area contributed by atoms with E-state index in [1.165, 1.54) is 0 Å². The van der Waals surface area contributed by atoms with Crippen molar-refractivity contribution < 1.29 is 9.59 Å². The fourth-order valence-corrected chi connectivity index (χ4v) is 2.50. The predicted molar refractivity (Wildman–Crippen MR) is 90.9 cm³/mol. The summed E-state index contributed by atoms with van der Waals surface area (Å²) in [4.78, 5) is 23.8. The van der Waals surface area contributed by atoms with Gasteiger partial charge in [0, 0.05) is 12.2 Å². The molecule has 0 saturated carbocycles. The van der Waals surface area contributed by atoms with E-state index in [2.05, 4.69) is 24.5 Å². The summed E-state index contributed by atoms with van der Waals surface area (Å²) in [5.74, 6) is -0.720. The van der Waals surface area contributed by atoms with Crippen LogP contribution in [0, 0.1) is 19.8 Å². The molecule has 0 aliphatic rings. The molecular formula is C18H28N2O2. The van der Waals surface area contributed by atoms with Gasteiger partial charge in [-0.2, -0.15) is 0 Å². The summed E-state index contributed by atoms with van der Waals surface area (Å²) in [7, 11) is 0. The van der Waals surface area contributed by atoms with E-state index in [4.69, 9.17) is 0 Å². The second kappa shape index (κ2) is 9.23. The molecule has 1 rings (SSSR count). The lowest BCUT2D eigenvalue weighted by Crippen LogP contribution is -2.38. The average molecular weight is 304 g/mol. The molecule has 0 aromatic heterocycles. The van der Waals surface area contributed by atoms with Crippen molar-refractivity contribution in [1.29, 1.82) is 0 Å². The first-order valence-electron chi connectivity index (χ1n) is 8.13. The molecule has 1 aromatic rings. The van der Waals surface area contributed by atoms with Gasteiger partial charge < -0.3 is 10.6 Å². The molecule has 0 heterocycles. The highest BCUT2D eigenvalue weighted by Crippen LogP contribution is 2.14. The Morgan fingerprint density at radius 2 is 1.68 bits per heavy atom. The maximum atomic E-state index is 11.9. The Hall–Kier alpha value is -1.84. The molecule has 22 heavy (non-hydrogen) atoms. The molecule has 0 fully saturated rings. The van der Waals surface area contributed by atoms with Gasteiger partial charge in [-0.15, -0.1) is 0 Å². The smallest absolute Gasteiger partial charge is 0.313 e. The van der Waals surface area contributed by atoms with Crippen molar-refractivity contribution in [3.63, 3.8) is 0 Å². The molecular weight excluding hydrogens is 276 g/mol. The van der Waals surface area contributed by atoms with Gasteiger partial charge in [0.15, 0.2) is 0 Å². The first kappa shape index (κ1) is 18.2. The molecule has 1 aromatic carbocycles. The van der Waals surface area contributed by atoms with Crippen molar-refractivity contribution in [2.75, 3.05) is 11.9 Å². The summed E-state index contributed by atoms with van der Waals surface area (Å²) in [6.07, 6.45) is 4.41. The van der Waals surface area contributed by atoms with Crippen molar-refractivity contribution in [3.05, 3.63) is 29.3 Å². The van der Waals surface area contributed by atoms with E-state index >= 15 is 0 Å². The lowest BCUT2D eigenvalue weighted by molar-refractivity contribution is -0.136. The third kappa shape index (κ3) is 6.29. The van der Waals surface area contributed by atoms with Crippen LogP contribution in [0.2, 0.25) is 0 Å². The first-order chi connectivity index (χ1) is 10.5. The van der Waals surface area contributed by atoms with Gasteiger partial charge in [-0.05, 0) is 49.4 Å². The molecule has 0 spiro atoms. The molecule has 0 aliphatic carbocycles. The molecule has 4 heteroatoms. The molecule has 1 atom stereocenters. The van der Waals surface area contributed by atoms with Gasteiger partial charge in [-0.3, -0.25) is 9.59 Å². The normalized spacial score (nSPS) is 11.8. The highest BCUT2D eigenvalue weighted by Gasteiger charge is 2.15. The van der Waals surface area contributed by atoms with E-state index in [0.717, 1.165) is 36.8 Å². The number of amides is 2. The van der Waals surface area contributed by atoms with Crippen molar-refractivity contribution in [3.8, 4) is 0 Å². The summed E-state index contributed by atoms with van der Waals surface area (Å²) in [6.45, 7) is 8.75. The first-order valence-corrected chi connectivity index (χ1v) is 8.13. The minimum Gasteiger partial charge on any atom is -0.348 e.